The Morgan fingerprint density at radius 2 is 1.89 bits per heavy atom. The number of nitrogens with two attached hydrogens (primary N) is 1. The summed E-state index contributed by atoms with van der Waals surface area (Å²) in [7, 11) is 3.75. The first kappa shape index (κ1) is 24.2. The molecule has 1 aromatic heterocycles. The van der Waals surface area contributed by atoms with Crippen LogP contribution in [-0.2, 0) is 0 Å². The first-order chi connectivity index (χ1) is 16.8. The summed E-state index contributed by atoms with van der Waals surface area (Å²) in [5.41, 5.74) is 9.97. The third kappa shape index (κ3) is 4.14. The predicted octanol–water partition coefficient (Wildman–Crippen LogP) is 5.00. The van der Waals surface area contributed by atoms with Crippen molar-refractivity contribution in [3.8, 4) is 0 Å². The SMILES string of the molecule is CC12CC=C3C=C4CC(O)CCC4CC[C@]3(O)C1CC=C2c1ccc2cc(N)ncc2c1.CNC. The first-order valence-electron chi connectivity index (χ1n) is 13.0. The van der Waals surface area contributed by atoms with Gasteiger partial charge in [0.2, 0.25) is 0 Å². The van der Waals surface area contributed by atoms with Gasteiger partial charge in [0, 0.05) is 22.9 Å². The van der Waals surface area contributed by atoms with E-state index in [1.807, 2.05) is 26.4 Å². The second-order valence-corrected chi connectivity index (χ2v) is 11.2. The molecule has 0 aliphatic heterocycles. The molecule has 1 heterocycles. The van der Waals surface area contributed by atoms with Gasteiger partial charge >= 0.3 is 0 Å². The Kier molecular flexibility index (Phi) is 6.37. The predicted molar refractivity (Wildman–Crippen MR) is 144 cm³/mol. The molecule has 35 heavy (non-hydrogen) atoms. The van der Waals surface area contributed by atoms with Gasteiger partial charge in [0.05, 0.1) is 11.7 Å². The lowest BCUT2D eigenvalue weighted by Crippen LogP contribution is -2.48. The molecule has 0 spiro atoms. The minimum atomic E-state index is -0.798. The van der Waals surface area contributed by atoms with Crippen molar-refractivity contribution in [2.45, 2.75) is 63.6 Å². The van der Waals surface area contributed by atoms with E-state index in [-0.39, 0.29) is 17.4 Å². The van der Waals surface area contributed by atoms with Crippen LogP contribution in [0.3, 0.4) is 0 Å². The maximum Gasteiger partial charge on any atom is 0.123 e. The van der Waals surface area contributed by atoms with Crippen LogP contribution in [0.4, 0.5) is 5.82 Å². The number of fused-ring (bicyclic) bond motifs is 5. The summed E-state index contributed by atoms with van der Waals surface area (Å²) in [5.74, 6) is 1.22. The van der Waals surface area contributed by atoms with Gasteiger partial charge in [-0.3, -0.25) is 0 Å². The van der Waals surface area contributed by atoms with Crippen molar-refractivity contribution in [3.05, 3.63) is 65.4 Å². The largest absolute Gasteiger partial charge is 0.393 e. The minimum Gasteiger partial charge on any atom is -0.393 e. The van der Waals surface area contributed by atoms with Crippen LogP contribution in [0.15, 0.2) is 59.8 Å². The Bertz CT molecular complexity index is 1220. The number of rotatable bonds is 1. The fourth-order valence-corrected chi connectivity index (χ4v) is 7.09. The molecule has 186 valence electrons. The summed E-state index contributed by atoms with van der Waals surface area (Å²) >= 11 is 0. The van der Waals surface area contributed by atoms with Crippen LogP contribution in [0.5, 0.6) is 0 Å². The Labute approximate surface area is 208 Å². The standard InChI is InChI=1S/C28H32N2O2.C2H7N/c1-27-10-9-22-13-20-14-23(31)5-4-17(20)8-11-28(22,32)25(27)7-6-24(27)19-3-2-18-15-26(29)30-16-21(18)12-19;1-3-2/h2-3,6,9,12-13,15-17,23,25,31-32H,4-5,7-8,10-11,14H2,1H3,(H2,29,30);3H,1-2H3/t17?,23?,25?,27?,28-;/m1./s1. The fraction of sp³-hybridized carbons (Fsp3) is 0.500. The second kappa shape index (κ2) is 9.20. The summed E-state index contributed by atoms with van der Waals surface area (Å²) in [4.78, 5) is 4.27. The van der Waals surface area contributed by atoms with Crippen molar-refractivity contribution in [2.75, 3.05) is 19.8 Å². The molecule has 1 saturated carbocycles. The molecule has 4 aliphatic carbocycles. The molecule has 5 N–H and O–H groups in total. The van der Waals surface area contributed by atoms with Gasteiger partial charge in [0.25, 0.3) is 0 Å². The molecular weight excluding hydrogens is 434 g/mol. The van der Waals surface area contributed by atoms with Gasteiger partial charge < -0.3 is 21.3 Å². The Balaban J connectivity index is 0.000000806. The van der Waals surface area contributed by atoms with Crippen molar-refractivity contribution >= 4 is 22.2 Å². The van der Waals surface area contributed by atoms with E-state index in [9.17, 15) is 10.2 Å². The number of anilines is 1. The van der Waals surface area contributed by atoms with E-state index in [1.54, 1.807) is 0 Å². The van der Waals surface area contributed by atoms with Crippen LogP contribution in [-0.4, -0.2) is 41.0 Å². The highest BCUT2D eigenvalue weighted by Crippen LogP contribution is 2.61. The number of nitrogens with one attached hydrogen (secondary N) is 1. The van der Waals surface area contributed by atoms with Gasteiger partial charge in [-0.25, -0.2) is 4.98 Å². The lowest BCUT2D eigenvalue weighted by Gasteiger charge is -2.48. The Morgan fingerprint density at radius 1 is 1.09 bits per heavy atom. The van der Waals surface area contributed by atoms with E-state index in [1.165, 1.54) is 16.7 Å². The first-order valence-corrected chi connectivity index (χ1v) is 13.0. The maximum atomic E-state index is 12.2. The highest BCUT2D eigenvalue weighted by atomic mass is 16.3. The van der Waals surface area contributed by atoms with E-state index >= 15 is 0 Å². The fourth-order valence-electron chi connectivity index (χ4n) is 7.09. The number of benzene rings is 1. The molecule has 2 aromatic rings. The van der Waals surface area contributed by atoms with Crippen LogP contribution in [0.1, 0.15) is 57.4 Å². The summed E-state index contributed by atoms with van der Waals surface area (Å²) in [6.07, 6.45) is 14.9. The highest BCUT2D eigenvalue weighted by Gasteiger charge is 2.55. The smallest absolute Gasteiger partial charge is 0.123 e. The quantitative estimate of drug-likeness (QED) is 0.468. The molecule has 5 nitrogen and oxygen atoms in total. The number of nitrogens with zero attached hydrogens (tertiary/aromatic N) is 1. The molecular formula is C30H39N3O2. The number of allylic oxidation sites excluding steroid dienone is 3. The molecule has 4 aliphatic rings. The van der Waals surface area contributed by atoms with Crippen molar-refractivity contribution < 1.29 is 10.2 Å². The molecule has 6 rings (SSSR count). The third-order valence-electron chi connectivity index (χ3n) is 8.88. The number of hydrogen-bond donors (Lipinski definition) is 4. The molecule has 4 unspecified atom stereocenters. The summed E-state index contributed by atoms with van der Waals surface area (Å²) in [6.45, 7) is 2.34. The topological polar surface area (TPSA) is 91.4 Å². The molecule has 0 radical (unpaired) electrons. The molecule has 0 bridgehead atoms. The van der Waals surface area contributed by atoms with E-state index in [4.69, 9.17) is 5.73 Å². The second-order valence-electron chi connectivity index (χ2n) is 11.2. The third-order valence-corrected chi connectivity index (χ3v) is 8.88. The molecule has 0 amide bonds. The monoisotopic (exact) mass is 473 g/mol. The van der Waals surface area contributed by atoms with Gasteiger partial charge in [-0.1, -0.05) is 42.9 Å². The van der Waals surface area contributed by atoms with Gasteiger partial charge in [0.1, 0.15) is 5.82 Å². The van der Waals surface area contributed by atoms with Gasteiger partial charge in [0.15, 0.2) is 0 Å². The zero-order valence-corrected chi connectivity index (χ0v) is 21.2. The summed E-state index contributed by atoms with van der Waals surface area (Å²) in [5, 5.41) is 27.3. The average Bonchev–Trinajstić information content (AvgIpc) is 3.11. The van der Waals surface area contributed by atoms with E-state index in [0.717, 1.165) is 61.3 Å². The summed E-state index contributed by atoms with van der Waals surface area (Å²) in [6, 6.07) is 8.45. The van der Waals surface area contributed by atoms with Crippen molar-refractivity contribution in [3.63, 3.8) is 0 Å². The molecule has 1 aromatic carbocycles. The maximum absolute atomic E-state index is 12.2. The highest BCUT2D eigenvalue weighted by molar-refractivity contribution is 5.88. The lowest BCUT2D eigenvalue weighted by molar-refractivity contribution is -0.0330. The average molecular weight is 474 g/mol. The van der Waals surface area contributed by atoms with Gasteiger partial charge in [-0.15, -0.1) is 0 Å². The van der Waals surface area contributed by atoms with Crippen LogP contribution in [0, 0.1) is 17.3 Å². The number of aromatic nitrogens is 1. The van der Waals surface area contributed by atoms with Gasteiger partial charge in [-0.2, -0.15) is 0 Å². The van der Waals surface area contributed by atoms with Crippen LogP contribution < -0.4 is 11.1 Å². The number of aliphatic hydroxyl groups is 2. The normalized spacial score (nSPS) is 33.7. The minimum absolute atomic E-state index is 0.0965. The van der Waals surface area contributed by atoms with E-state index < -0.39 is 5.60 Å². The van der Waals surface area contributed by atoms with Crippen molar-refractivity contribution in [1.82, 2.24) is 10.3 Å². The van der Waals surface area contributed by atoms with Crippen LogP contribution in [0.2, 0.25) is 0 Å². The molecule has 5 heteroatoms. The number of hydrogen-bond acceptors (Lipinski definition) is 5. The van der Waals surface area contributed by atoms with Crippen molar-refractivity contribution in [1.29, 1.82) is 0 Å². The molecule has 5 atom stereocenters. The number of aliphatic hydroxyl groups excluding tert-OH is 1. The van der Waals surface area contributed by atoms with Crippen LogP contribution >= 0.6 is 0 Å². The molecule has 0 saturated heterocycles. The number of nitrogen functional groups attached to an aromatic ring is 1. The van der Waals surface area contributed by atoms with Crippen LogP contribution in [0.25, 0.3) is 16.3 Å². The lowest BCUT2D eigenvalue weighted by atomic mass is 9.58. The van der Waals surface area contributed by atoms with E-state index in [2.05, 4.69) is 53.7 Å². The Morgan fingerprint density at radius 3 is 2.69 bits per heavy atom. The van der Waals surface area contributed by atoms with Crippen molar-refractivity contribution in [2.24, 2.45) is 17.3 Å². The Hall–Kier alpha value is -2.47. The number of pyridine rings is 1. The molecule has 1 fully saturated rings. The van der Waals surface area contributed by atoms with E-state index in [0.29, 0.717) is 11.7 Å². The van der Waals surface area contributed by atoms with Gasteiger partial charge in [-0.05, 0) is 99.2 Å². The zero-order valence-electron chi connectivity index (χ0n) is 21.2. The summed E-state index contributed by atoms with van der Waals surface area (Å²) < 4.78 is 0. The zero-order chi connectivity index (χ0) is 24.8.